The van der Waals surface area contributed by atoms with Gasteiger partial charge in [-0.25, -0.2) is 15.0 Å². The molecule has 13 heteroatoms. The molecule has 0 atom stereocenters. The zero-order valence-corrected chi connectivity index (χ0v) is 18.2. The molecule has 0 saturated heterocycles. The lowest BCUT2D eigenvalue weighted by molar-refractivity contribution is -0.133. The summed E-state index contributed by atoms with van der Waals surface area (Å²) in [6.07, 6.45) is 1.27. The maximum Gasteiger partial charge on any atom is 0.390 e. The summed E-state index contributed by atoms with van der Waals surface area (Å²) in [5.41, 5.74) is 0.848. The van der Waals surface area contributed by atoms with E-state index in [-0.39, 0.29) is 23.0 Å². The molecule has 2 heterocycles. The molecule has 2 aromatic heterocycles. The summed E-state index contributed by atoms with van der Waals surface area (Å²) in [6, 6.07) is 3.47. The molecule has 2 aromatic rings. The van der Waals surface area contributed by atoms with Crippen molar-refractivity contribution < 1.29 is 22.8 Å². The van der Waals surface area contributed by atoms with Crippen molar-refractivity contribution in [2.75, 3.05) is 18.9 Å². The normalized spacial score (nSPS) is 14.0. The number of aromatic nitrogens is 3. The summed E-state index contributed by atoms with van der Waals surface area (Å²) in [6.45, 7) is -0.615. The average molecular weight is 476 g/mol. The first-order valence-electron chi connectivity index (χ1n) is 10.3. The fraction of sp³-hybridized carbons (Fsp3) is 0.333. The number of hydrogen-bond donors (Lipinski definition) is 5. The van der Waals surface area contributed by atoms with Crippen LogP contribution in [0.5, 0.6) is 0 Å². The summed E-state index contributed by atoms with van der Waals surface area (Å²) in [5, 5.41) is 17.7. The highest BCUT2D eigenvalue weighted by Crippen LogP contribution is 2.39. The molecule has 1 saturated carbocycles. The van der Waals surface area contributed by atoms with Crippen LogP contribution in [-0.2, 0) is 4.79 Å². The average Bonchev–Trinajstić information content (AvgIpc) is 3.66. The molecular formula is C21H23F3N8O2. The van der Waals surface area contributed by atoms with Gasteiger partial charge in [0.15, 0.2) is 5.69 Å². The van der Waals surface area contributed by atoms with E-state index >= 15 is 0 Å². The van der Waals surface area contributed by atoms with E-state index in [2.05, 4.69) is 36.2 Å². The molecule has 180 valence electrons. The van der Waals surface area contributed by atoms with E-state index in [4.69, 9.17) is 5.41 Å². The number of nitrogens with zero attached hydrogens (tertiary/aromatic N) is 3. The van der Waals surface area contributed by atoms with E-state index in [1.807, 2.05) is 0 Å². The Hall–Kier alpha value is -4.03. The molecule has 0 aromatic carbocycles. The van der Waals surface area contributed by atoms with Crippen molar-refractivity contribution in [3.63, 3.8) is 0 Å². The summed E-state index contributed by atoms with van der Waals surface area (Å²) in [7, 11) is 1.28. The van der Waals surface area contributed by atoms with Gasteiger partial charge in [0.2, 0.25) is 0 Å². The molecule has 1 aliphatic carbocycles. The van der Waals surface area contributed by atoms with Gasteiger partial charge < -0.3 is 26.7 Å². The van der Waals surface area contributed by atoms with Gasteiger partial charge in [-0.2, -0.15) is 13.2 Å². The van der Waals surface area contributed by atoms with Crippen LogP contribution in [0.3, 0.4) is 0 Å². The van der Waals surface area contributed by atoms with Crippen LogP contribution in [0.4, 0.5) is 24.5 Å². The lowest BCUT2D eigenvalue weighted by Gasteiger charge is -2.16. The van der Waals surface area contributed by atoms with Crippen molar-refractivity contribution in [3.05, 3.63) is 53.6 Å². The maximum atomic E-state index is 13.1. The number of hydrogen-bond acceptors (Lipinski definition) is 8. The molecule has 1 fully saturated rings. The van der Waals surface area contributed by atoms with Crippen molar-refractivity contribution in [2.24, 2.45) is 0 Å². The van der Waals surface area contributed by atoms with Crippen LogP contribution >= 0.6 is 0 Å². The Morgan fingerprint density at radius 2 is 1.91 bits per heavy atom. The molecule has 0 radical (unpaired) electrons. The number of anilines is 2. The quantitative estimate of drug-likeness (QED) is 0.261. The van der Waals surface area contributed by atoms with Gasteiger partial charge in [0.25, 0.3) is 11.8 Å². The third-order valence-electron chi connectivity index (χ3n) is 4.79. The number of alkyl halides is 3. The standard InChI is InChI=1S/C21H23F3N8O2/c1-26-19(33)17(29-7-6-21(22,23)24)16(8-25)32-20(34)18-15(30-13-9-27-11-28-10-13)5-4-14(31-18)12-2-3-12/h4-5,8-12,25,29-30H,2-3,6-7H2,1H3,(H,26,33)(H,32,34)/b17-16+,25-8?. The molecule has 5 N–H and O–H groups in total. The zero-order chi connectivity index (χ0) is 24.7. The number of likely N-dealkylation sites (N-methyl/N-ethyl adjacent to an activating group) is 1. The van der Waals surface area contributed by atoms with E-state index in [1.54, 1.807) is 12.1 Å². The molecule has 1 aliphatic rings. The number of carbonyl (C=O) groups excluding carboxylic acids is 2. The first-order chi connectivity index (χ1) is 16.2. The minimum absolute atomic E-state index is 0.0147. The van der Waals surface area contributed by atoms with Gasteiger partial charge in [-0.15, -0.1) is 0 Å². The molecule has 0 spiro atoms. The van der Waals surface area contributed by atoms with E-state index in [0.717, 1.165) is 18.5 Å². The SMILES string of the molecule is CNC(=O)/C(NCCC(F)(F)F)=C(/C=N)NC(=O)c1nc(C2CC2)ccc1Nc1cncnc1. The Balaban J connectivity index is 1.90. The van der Waals surface area contributed by atoms with Gasteiger partial charge in [-0.3, -0.25) is 9.59 Å². The number of allylic oxidation sites excluding steroid dienone is 1. The first kappa shape index (κ1) is 24.6. The molecule has 34 heavy (non-hydrogen) atoms. The first-order valence-corrected chi connectivity index (χ1v) is 10.3. The Labute approximate surface area is 193 Å². The molecule has 0 aliphatic heterocycles. The lowest BCUT2D eigenvalue weighted by Crippen LogP contribution is -2.37. The predicted molar refractivity (Wildman–Crippen MR) is 118 cm³/mol. The van der Waals surface area contributed by atoms with Crippen LogP contribution in [0.2, 0.25) is 0 Å². The molecule has 3 rings (SSSR count). The second kappa shape index (κ2) is 10.7. The highest BCUT2D eigenvalue weighted by atomic mass is 19.4. The van der Waals surface area contributed by atoms with Gasteiger partial charge in [0.1, 0.15) is 12.0 Å². The third kappa shape index (κ3) is 6.73. The Morgan fingerprint density at radius 1 is 1.21 bits per heavy atom. The fourth-order valence-electron chi connectivity index (χ4n) is 2.98. The zero-order valence-electron chi connectivity index (χ0n) is 18.2. The highest BCUT2D eigenvalue weighted by Gasteiger charge is 2.29. The number of carbonyl (C=O) groups is 2. The highest BCUT2D eigenvalue weighted by molar-refractivity contribution is 6.05. The van der Waals surface area contributed by atoms with Gasteiger partial charge in [0, 0.05) is 31.4 Å². The van der Waals surface area contributed by atoms with Crippen molar-refractivity contribution in [2.45, 2.75) is 31.4 Å². The Bertz CT molecular complexity index is 1090. The van der Waals surface area contributed by atoms with Gasteiger partial charge >= 0.3 is 6.18 Å². The smallest absolute Gasteiger partial charge is 0.379 e. The number of nitrogens with one attached hydrogen (secondary N) is 5. The van der Waals surface area contributed by atoms with Gasteiger partial charge in [0.05, 0.1) is 35.9 Å². The van der Waals surface area contributed by atoms with Crippen LogP contribution in [0, 0.1) is 5.41 Å². The van der Waals surface area contributed by atoms with E-state index in [9.17, 15) is 22.8 Å². The van der Waals surface area contributed by atoms with Crippen LogP contribution in [0.1, 0.15) is 41.4 Å². The minimum Gasteiger partial charge on any atom is -0.379 e. The number of pyridine rings is 1. The number of amides is 2. The second-order valence-corrected chi connectivity index (χ2v) is 7.42. The lowest BCUT2D eigenvalue weighted by atomic mass is 10.2. The van der Waals surface area contributed by atoms with Gasteiger partial charge in [-0.05, 0) is 25.0 Å². The minimum atomic E-state index is -4.44. The summed E-state index contributed by atoms with van der Waals surface area (Å²) in [4.78, 5) is 37.6. The molecule has 10 nitrogen and oxygen atoms in total. The summed E-state index contributed by atoms with van der Waals surface area (Å²) < 4.78 is 37.6. The predicted octanol–water partition coefficient (Wildman–Crippen LogP) is 2.37. The second-order valence-electron chi connectivity index (χ2n) is 7.42. The molecular weight excluding hydrogens is 453 g/mol. The Morgan fingerprint density at radius 3 is 2.50 bits per heavy atom. The van der Waals surface area contributed by atoms with Crippen molar-refractivity contribution in [1.82, 2.24) is 30.9 Å². The van der Waals surface area contributed by atoms with Crippen LogP contribution < -0.4 is 21.3 Å². The van der Waals surface area contributed by atoms with Crippen LogP contribution in [-0.4, -0.2) is 52.7 Å². The van der Waals surface area contributed by atoms with Crippen LogP contribution in [0.25, 0.3) is 0 Å². The van der Waals surface area contributed by atoms with Crippen LogP contribution in [0.15, 0.2) is 42.2 Å². The third-order valence-corrected chi connectivity index (χ3v) is 4.79. The number of halogens is 3. The topological polar surface area (TPSA) is 145 Å². The van der Waals surface area contributed by atoms with Crippen molar-refractivity contribution in [3.8, 4) is 0 Å². The summed E-state index contributed by atoms with van der Waals surface area (Å²) in [5.74, 6) is -1.30. The van der Waals surface area contributed by atoms with E-state index in [1.165, 1.54) is 25.8 Å². The maximum absolute atomic E-state index is 13.1. The van der Waals surface area contributed by atoms with E-state index in [0.29, 0.717) is 17.6 Å². The van der Waals surface area contributed by atoms with E-state index < -0.39 is 31.0 Å². The van der Waals surface area contributed by atoms with Crippen molar-refractivity contribution in [1.29, 1.82) is 5.41 Å². The largest absolute Gasteiger partial charge is 0.390 e. The van der Waals surface area contributed by atoms with Gasteiger partial charge in [-0.1, -0.05) is 0 Å². The number of rotatable bonds is 10. The molecule has 0 unspecified atom stereocenters. The molecule has 0 bridgehead atoms. The summed E-state index contributed by atoms with van der Waals surface area (Å²) >= 11 is 0. The Kier molecular flexibility index (Phi) is 7.76. The fourth-order valence-corrected chi connectivity index (χ4v) is 2.98. The van der Waals surface area contributed by atoms with Crippen molar-refractivity contribution >= 4 is 29.4 Å². The monoisotopic (exact) mass is 476 g/mol. The molecule has 2 amide bonds.